The number of carbonyl (C=O) groups is 1. The molecule has 2 amide bonds. The van der Waals surface area contributed by atoms with Crippen molar-refractivity contribution in [2.45, 2.75) is 50.6 Å². The van der Waals surface area contributed by atoms with Crippen LogP contribution in [0.4, 0.5) is 10.5 Å². The Morgan fingerprint density at radius 2 is 1.58 bits per heavy atom. The SMILES string of the molecule is O=C(Nc1cc(Cl)cc(Cl)c1)N[C@@H]1CCC[C@H]1N1CCC(Cc2ccc(Cl)cc2)CC1. The number of nitrogens with zero attached hydrogens (tertiary/aromatic N) is 1. The Balaban J connectivity index is 1.27. The van der Waals surface area contributed by atoms with Crippen molar-refractivity contribution in [1.82, 2.24) is 10.2 Å². The van der Waals surface area contributed by atoms with E-state index in [0.29, 0.717) is 27.7 Å². The van der Waals surface area contributed by atoms with Crippen LogP contribution in [-0.2, 0) is 6.42 Å². The lowest BCUT2D eigenvalue weighted by Gasteiger charge is -2.38. The summed E-state index contributed by atoms with van der Waals surface area (Å²) < 4.78 is 0. The molecule has 4 nitrogen and oxygen atoms in total. The number of nitrogens with one attached hydrogen (secondary N) is 2. The van der Waals surface area contributed by atoms with Crippen LogP contribution < -0.4 is 10.6 Å². The number of rotatable bonds is 5. The summed E-state index contributed by atoms with van der Waals surface area (Å²) in [5.74, 6) is 0.709. The topological polar surface area (TPSA) is 44.4 Å². The second kappa shape index (κ2) is 10.4. The van der Waals surface area contributed by atoms with Gasteiger partial charge in [-0.1, -0.05) is 46.9 Å². The van der Waals surface area contributed by atoms with Gasteiger partial charge < -0.3 is 10.6 Å². The Morgan fingerprint density at radius 1 is 0.903 bits per heavy atom. The molecule has 2 aromatic carbocycles. The van der Waals surface area contributed by atoms with Crippen LogP contribution in [-0.4, -0.2) is 36.1 Å². The van der Waals surface area contributed by atoms with Crippen molar-refractivity contribution in [2.75, 3.05) is 18.4 Å². The molecule has 4 rings (SSSR count). The van der Waals surface area contributed by atoms with E-state index < -0.39 is 0 Å². The predicted molar refractivity (Wildman–Crippen MR) is 129 cm³/mol. The van der Waals surface area contributed by atoms with Crippen molar-refractivity contribution in [3.63, 3.8) is 0 Å². The molecule has 2 atom stereocenters. The minimum absolute atomic E-state index is 0.169. The summed E-state index contributed by atoms with van der Waals surface area (Å²) in [6.45, 7) is 2.18. The van der Waals surface area contributed by atoms with Crippen LogP contribution in [0.3, 0.4) is 0 Å². The molecule has 2 N–H and O–H groups in total. The number of urea groups is 1. The molecule has 2 aliphatic rings. The first-order chi connectivity index (χ1) is 15.0. The summed E-state index contributed by atoms with van der Waals surface area (Å²) in [4.78, 5) is 15.1. The van der Waals surface area contributed by atoms with Gasteiger partial charge in [0.2, 0.25) is 0 Å². The second-order valence-electron chi connectivity index (χ2n) is 8.67. The van der Waals surface area contributed by atoms with Gasteiger partial charge in [-0.15, -0.1) is 0 Å². The van der Waals surface area contributed by atoms with Crippen molar-refractivity contribution < 1.29 is 4.79 Å². The van der Waals surface area contributed by atoms with Gasteiger partial charge in [-0.3, -0.25) is 4.90 Å². The Hall–Kier alpha value is -1.46. The highest BCUT2D eigenvalue weighted by atomic mass is 35.5. The van der Waals surface area contributed by atoms with Crippen LogP contribution in [0.15, 0.2) is 42.5 Å². The molecular weight excluding hydrogens is 453 g/mol. The Bertz CT molecular complexity index is 877. The number of benzene rings is 2. The molecule has 31 heavy (non-hydrogen) atoms. The molecule has 2 fully saturated rings. The number of likely N-dealkylation sites (tertiary alicyclic amines) is 1. The van der Waals surface area contributed by atoms with E-state index in [1.165, 1.54) is 18.4 Å². The third kappa shape index (κ3) is 6.29. The fourth-order valence-electron chi connectivity index (χ4n) is 4.95. The maximum absolute atomic E-state index is 12.6. The van der Waals surface area contributed by atoms with Gasteiger partial charge in [0.25, 0.3) is 0 Å². The summed E-state index contributed by atoms with van der Waals surface area (Å²) in [5, 5.41) is 7.84. The average molecular weight is 481 g/mol. The quantitative estimate of drug-likeness (QED) is 0.503. The predicted octanol–water partition coefficient (Wildman–Crippen LogP) is 6.64. The molecule has 0 spiro atoms. The molecule has 0 bridgehead atoms. The van der Waals surface area contributed by atoms with Crippen LogP contribution in [0.5, 0.6) is 0 Å². The minimum atomic E-state index is -0.201. The van der Waals surface area contributed by atoms with Gasteiger partial charge in [-0.05, 0) is 93.4 Å². The standard InChI is InChI=1S/C24H28Cl3N3O/c25-18-6-4-16(5-7-18)12-17-8-10-30(11-9-17)23-3-1-2-22(23)29-24(31)28-21-14-19(26)13-20(27)15-21/h4-7,13-15,17,22-23H,1-3,8-12H2,(H2,28,29,31)/t22-,23-/m1/s1. The summed E-state index contributed by atoms with van der Waals surface area (Å²) in [6, 6.07) is 13.6. The molecule has 1 aliphatic carbocycles. The van der Waals surface area contributed by atoms with Crippen molar-refractivity contribution in [2.24, 2.45) is 5.92 Å². The van der Waals surface area contributed by atoms with Gasteiger partial charge in [-0.2, -0.15) is 0 Å². The molecule has 1 heterocycles. The third-order valence-electron chi connectivity index (χ3n) is 6.47. The van der Waals surface area contributed by atoms with Crippen molar-refractivity contribution >= 4 is 46.5 Å². The van der Waals surface area contributed by atoms with Gasteiger partial charge >= 0.3 is 6.03 Å². The van der Waals surface area contributed by atoms with E-state index in [0.717, 1.165) is 43.8 Å². The normalized spacial score (nSPS) is 22.4. The van der Waals surface area contributed by atoms with E-state index in [1.54, 1.807) is 18.2 Å². The fraction of sp³-hybridized carbons (Fsp3) is 0.458. The average Bonchev–Trinajstić information content (AvgIpc) is 3.17. The van der Waals surface area contributed by atoms with Crippen LogP contribution in [0.25, 0.3) is 0 Å². The zero-order valence-corrected chi connectivity index (χ0v) is 19.7. The van der Waals surface area contributed by atoms with E-state index >= 15 is 0 Å². The van der Waals surface area contributed by atoms with Gasteiger partial charge in [0, 0.05) is 32.8 Å². The number of amides is 2. The number of anilines is 1. The molecule has 7 heteroatoms. The number of hydrogen-bond donors (Lipinski definition) is 2. The number of carbonyl (C=O) groups excluding carboxylic acids is 1. The third-order valence-corrected chi connectivity index (χ3v) is 7.16. The second-order valence-corrected chi connectivity index (χ2v) is 9.98. The van der Waals surface area contributed by atoms with Gasteiger partial charge in [0.1, 0.15) is 0 Å². The largest absolute Gasteiger partial charge is 0.334 e. The number of halogens is 3. The highest BCUT2D eigenvalue weighted by Gasteiger charge is 2.35. The molecule has 0 unspecified atom stereocenters. The van der Waals surface area contributed by atoms with E-state index in [1.807, 2.05) is 12.1 Å². The fourth-order valence-corrected chi connectivity index (χ4v) is 5.60. The summed E-state index contributed by atoms with van der Waals surface area (Å²) >= 11 is 18.1. The molecular formula is C24H28Cl3N3O. The van der Waals surface area contributed by atoms with Crippen molar-refractivity contribution in [3.05, 3.63) is 63.1 Å². The van der Waals surface area contributed by atoms with E-state index in [4.69, 9.17) is 34.8 Å². The first kappa shape index (κ1) is 22.7. The van der Waals surface area contributed by atoms with E-state index in [-0.39, 0.29) is 12.1 Å². The van der Waals surface area contributed by atoms with Crippen LogP contribution in [0, 0.1) is 5.92 Å². The van der Waals surface area contributed by atoms with E-state index in [9.17, 15) is 4.79 Å². The lowest BCUT2D eigenvalue weighted by atomic mass is 9.89. The minimum Gasteiger partial charge on any atom is -0.334 e. The zero-order valence-electron chi connectivity index (χ0n) is 17.4. The maximum atomic E-state index is 12.6. The molecule has 1 saturated heterocycles. The highest BCUT2D eigenvalue weighted by Crippen LogP contribution is 2.30. The number of piperidine rings is 1. The lowest BCUT2D eigenvalue weighted by molar-refractivity contribution is 0.119. The van der Waals surface area contributed by atoms with Crippen LogP contribution in [0.1, 0.15) is 37.7 Å². The van der Waals surface area contributed by atoms with E-state index in [2.05, 4.69) is 27.7 Å². The summed E-state index contributed by atoms with van der Waals surface area (Å²) in [5.41, 5.74) is 1.97. The van der Waals surface area contributed by atoms with Crippen molar-refractivity contribution in [3.8, 4) is 0 Å². The molecule has 0 aromatic heterocycles. The highest BCUT2D eigenvalue weighted by molar-refractivity contribution is 6.35. The Labute approximate surface area is 199 Å². The van der Waals surface area contributed by atoms with Gasteiger partial charge in [0.05, 0.1) is 0 Å². The van der Waals surface area contributed by atoms with Crippen molar-refractivity contribution in [1.29, 1.82) is 0 Å². The molecule has 2 aromatic rings. The Morgan fingerprint density at radius 3 is 2.26 bits per heavy atom. The molecule has 1 saturated carbocycles. The monoisotopic (exact) mass is 479 g/mol. The first-order valence-electron chi connectivity index (χ1n) is 11.0. The lowest BCUT2D eigenvalue weighted by Crippen LogP contribution is -2.52. The zero-order chi connectivity index (χ0) is 21.8. The summed E-state index contributed by atoms with van der Waals surface area (Å²) in [7, 11) is 0. The van der Waals surface area contributed by atoms with Gasteiger partial charge in [0.15, 0.2) is 0 Å². The first-order valence-corrected chi connectivity index (χ1v) is 12.1. The maximum Gasteiger partial charge on any atom is 0.319 e. The molecule has 166 valence electrons. The Kier molecular flexibility index (Phi) is 7.65. The van der Waals surface area contributed by atoms with Crippen LogP contribution in [0.2, 0.25) is 15.1 Å². The molecule has 1 aliphatic heterocycles. The smallest absolute Gasteiger partial charge is 0.319 e. The number of hydrogen-bond acceptors (Lipinski definition) is 2. The molecule has 0 radical (unpaired) electrons. The van der Waals surface area contributed by atoms with Gasteiger partial charge in [-0.25, -0.2) is 4.79 Å². The summed E-state index contributed by atoms with van der Waals surface area (Å²) in [6.07, 6.45) is 6.79. The van der Waals surface area contributed by atoms with Crippen LogP contribution >= 0.6 is 34.8 Å².